The number of alkyl halides is 1. The number of aliphatic hydroxyl groups excluding tert-OH is 1. The highest BCUT2D eigenvalue weighted by molar-refractivity contribution is 6.31. The smallest absolute Gasteiger partial charge is 0.142 e. The Balaban J connectivity index is 3.25. The molecule has 0 heterocycles. The molecule has 0 bridgehead atoms. The van der Waals surface area contributed by atoms with Crippen LogP contribution in [0.1, 0.15) is 11.7 Å². The zero-order valence-electron chi connectivity index (χ0n) is 6.40. The molecule has 5 heteroatoms. The molecule has 0 fully saturated rings. The second-order valence-electron chi connectivity index (χ2n) is 2.43. The van der Waals surface area contributed by atoms with Gasteiger partial charge in [-0.2, -0.15) is 0 Å². The van der Waals surface area contributed by atoms with E-state index in [-0.39, 0.29) is 0 Å². The molecule has 1 N–H and O–H groups in total. The van der Waals surface area contributed by atoms with Gasteiger partial charge in [-0.3, -0.25) is 0 Å². The summed E-state index contributed by atoms with van der Waals surface area (Å²) < 4.78 is 37.6. The molecule has 0 saturated carbocycles. The molecule has 1 unspecified atom stereocenters. The number of benzene rings is 1. The minimum atomic E-state index is -1.72. The molecule has 0 spiro atoms. The molecule has 0 aromatic heterocycles. The molecule has 1 aromatic rings. The standard InChI is InChI=1S/C8H6ClF3O/c9-8-5(12)2-1-4(11)7(8)6(13)3-10/h1-2,6,13H,3H2. The summed E-state index contributed by atoms with van der Waals surface area (Å²) in [5.74, 6) is -1.80. The van der Waals surface area contributed by atoms with Crippen molar-refractivity contribution in [2.45, 2.75) is 6.10 Å². The van der Waals surface area contributed by atoms with Crippen LogP contribution in [0.25, 0.3) is 0 Å². The lowest BCUT2D eigenvalue weighted by molar-refractivity contribution is 0.137. The number of hydrogen-bond acceptors (Lipinski definition) is 1. The molecular weight excluding hydrogens is 205 g/mol. The third-order valence-corrected chi connectivity index (χ3v) is 1.94. The molecule has 0 aliphatic heterocycles. The Labute approximate surface area is 77.8 Å². The Hall–Kier alpha value is -0.740. The number of rotatable bonds is 2. The summed E-state index contributed by atoms with van der Waals surface area (Å²) in [6.45, 7) is -1.21. The highest BCUT2D eigenvalue weighted by Crippen LogP contribution is 2.28. The van der Waals surface area contributed by atoms with Crippen molar-refractivity contribution in [3.8, 4) is 0 Å². The van der Waals surface area contributed by atoms with Gasteiger partial charge in [0.15, 0.2) is 0 Å². The molecule has 0 saturated heterocycles. The fourth-order valence-corrected chi connectivity index (χ4v) is 1.20. The quantitative estimate of drug-likeness (QED) is 0.744. The van der Waals surface area contributed by atoms with Crippen LogP contribution in [0.5, 0.6) is 0 Å². The van der Waals surface area contributed by atoms with Crippen LogP contribution < -0.4 is 0 Å². The Morgan fingerprint density at radius 2 is 1.85 bits per heavy atom. The van der Waals surface area contributed by atoms with Crippen molar-refractivity contribution in [1.29, 1.82) is 0 Å². The van der Waals surface area contributed by atoms with Crippen molar-refractivity contribution in [3.05, 3.63) is 34.4 Å². The summed E-state index contributed by atoms with van der Waals surface area (Å²) in [5, 5.41) is 8.37. The second-order valence-corrected chi connectivity index (χ2v) is 2.80. The van der Waals surface area contributed by atoms with Gasteiger partial charge >= 0.3 is 0 Å². The van der Waals surface area contributed by atoms with Crippen LogP contribution >= 0.6 is 11.6 Å². The van der Waals surface area contributed by atoms with Crippen LogP contribution in [0.4, 0.5) is 13.2 Å². The van der Waals surface area contributed by atoms with Crippen LogP contribution in [0.3, 0.4) is 0 Å². The first-order valence-electron chi connectivity index (χ1n) is 3.45. The van der Waals surface area contributed by atoms with Gasteiger partial charge in [0.25, 0.3) is 0 Å². The molecule has 0 amide bonds. The predicted molar refractivity (Wildman–Crippen MR) is 42.3 cm³/mol. The topological polar surface area (TPSA) is 20.2 Å². The Morgan fingerprint density at radius 3 is 2.38 bits per heavy atom. The third-order valence-electron chi connectivity index (χ3n) is 1.56. The average Bonchev–Trinajstić information content (AvgIpc) is 2.12. The van der Waals surface area contributed by atoms with Crippen LogP contribution in [0.15, 0.2) is 12.1 Å². The number of hydrogen-bond donors (Lipinski definition) is 1. The Kier molecular flexibility index (Phi) is 3.17. The van der Waals surface area contributed by atoms with Crippen LogP contribution in [-0.2, 0) is 0 Å². The van der Waals surface area contributed by atoms with Gasteiger partial charge in [0.05, 0.1) is 5.02 Å². The molecule has 0 aliphatic carbocycles. The summed E-state index contributed by atoms with van der Waals surface area (Å²) in [6.07, 6.45) is -1.72. The van der Waals surface area contributed by atoms with E-state index < -0.39 is 35.0 Å². The first-order valence-corrected chi connectivity index (χ1v) is 3.83. The SMILES string of the molecule is OC(CF)c1c(F)ccc(F)c1Cl. The van der Waals surface area contributed by atoms with Crippen molar-refractivity contribution in [3.63, 3.8) is 0 Å². The summed E-state index contributed by atoms with van der Waals surface area (Å²) in [6, 6.07) is 1.60. The molecule has 1 rings (SSSR count). The molecule has 0 aliphatic rings. The lowest BCUT2D eigenvalue weighted by Gasteiger charge is -2.09. The molecule has 72 valence electrons. The second kappa shape index (κ2) is 3.98. The largest absolute Gasteiger partial charge is 0.386 e. The van der Waals surface area contributed by atoms with Gasteiger partial charge in [0.2, 0.25) is 0 Å². The molecule has 1 atom stereocenters. The predicted octanol–water partition coefficient (Wildman–Crippen LogP) is 2.62. The summed E-state index contributed by atoms with van der Waals surface area (Å²) >= 11 is 5.33. The first kappa shape index (κ1) is 10.3. The van der Waals surface area contributed by atoms with Crippen molar-refractivity contribution in [2.75, 3.05) is 6.67 Å². The maximum Gasteiger partial charge on any atom is 0.142 e. The zero-order chi connectivity index (χ0) is 10.0. The summed E-state index contributed by atoms with van der Waals surface area (Å²) in [7, 11) is 0. The van der Waals surface area contributed by atoms with Crippen molar-refractivity contribution in [2.24, 2.45) is 0 Å². The third kappa shape index (κ3) is 1.95. The molecule has 1 aromatic carbocycles. The van der Waals surface area contributed by atoms with Gasteiger partial charge in [-0.15, -0.1) is 0 Å². The highest BCUT2D eigenvalue weighted by atomic mass is 35.5. The lowest BCUT2D eigenvalue weighted by Crippen LogP contribution is -2.04. The normalized spacial score (nSPS) is 13.0. The highest BCUT2D eigenvalue weighted by Gasteiger charge is 2.19. The summed E-state index contributed by atoms with van der Waals surface area (Å²) in [5.41, 5.74) is -0.538. The van der Waals surface area contributed by atoms with Crippen molar-refractivity contribution < 1.29 is 18.3 Å². The van der Waals surface area contributed by atoms with Crippen molar-refractivity contribution >= 4 is 11.6 Å². The van der Waals surface area contributed by atoms with E-state index in [1.54, 1.807) is 0 Å². The Morgan fingerprint density at radius 1 is 1.31 bits per heavy atom. The molecule has 1 nitrogen and oxygen atoms in total. The van der Waals surface area contributed by atoms with E-state index >= 15 is 0 Å². The van der Waals surface area contributed by atoms with E-state index in [4.69, 9.17) is 16.7 Å². The van der Waals surface area contributed by atoms with E-state index in [9.17, 15) is 13.2 Å². The monoisotopic (exact) mass is 210 g/mol. The van der Waals surface area contributed by atoms with Crippen LogP contribution in [0, 0.1) is 11.6 Å². The fourth-order valence-electron chi connectivity index (χ4n) is 0.925. The van der Waals surface area contributed by atoms with Crippen molar-refractivity contribution in [1.82, 2.24) is 0 Å². The first-order chi connectivity index (χ1) is 6.07. The molecule has 13 heavy (non-hydrogen) atoms. The minimum absolute atomic E-state index is 0.538. The summed E-state index contributed by atoms with van der Waals surface area (Å²) in [4.78, 5) is 0. The maximum atomic E-state index is 12.9. The van der Waals surface area contributed by atoms with Gasteiger partial charge < -0.3 is 5.11 Å². The van der Waals surface area contributed by atoms with Gasteiger partial charge in [-0.1, -0.05) is 11.6 Å². The average molecular weight is 211 g/mol. The van der Waals surface area contributed by atoms with Gasteiger partial charge in [-0.05, 0) is 12.1 Å². The van der Waals surface area contributed by atoms with Crippen LogP contribution in [0.2, 0.25) is 5.02 Å². The van der Waals surface area contributed by atoms with E-state index in [0.717, 1.165) is 12.1 Å². The van der Waals surface area contributed by atoms with Gasteiger partial charge in [0.1, 0.15) is 24.4 Å². The fraction of sp³-hybridized carbons (Fsp3) is 0.250. The number of halogens is 4. The van der Waals surface area contributed by atoms with Gasteiger partial charge in [0, 0.05) is 5.56 Å². The van der Waals surface area contributed by atoms with E-state index in [1.807, 2.05) is 0 Å². The van der Waals surface area contributed by atoms with E-state index in [1.165, 1.54) is 0 Å². The van der Waals surface area contributed by atoms with E-state index in [2.05, 4.69) is 0 Å². The van der Waals surface area contributed by atoms with E-state index in [0.29, 0.717) is 0 Å². The lowest BCUT2D eigenvalue weighted by atomic mass is 10.1. The number of aliphatic hydroxyl groups is 1. The minimum Gasteiger partial charge on any atom is -0.386 e. The molecule has 0 radical (unpaired) electrons. The van der Waals surface area contributed by atoms with Crippen LogP contribution in [-0.4, -0.2) is 11.8 Å². The van der Waals surface area contributed by atoms with Gasteiger partial charge in [-0.25, -0.2) is 13.2 Å². The maximum absolute atomic E-state index is 12.9. The molecular formula is C8H6ClF3O. The Bertz CT molecular complexity index is 317. The zero-order valence-corrected chi connectivity index (χ0v) is 7.15.